The van der Waals surface area contributed by atoms with Crippen LogP contribution in [0.5, 0.6) is 0 Å². The van der Waals surface area contributed by atoms with Gasteiger partial charge >= 0.3 is 0 Å². The Labute approximate surface area is 105 Å². The Bertz CT molecular complexity index is 680. The fourth-order valence-corrected chi connectivity index (χ4v) is 2.49. The van der Waals surface area contributed by atoms with Crippen LogP contribution in [0.25, 0.3) is 11.1 Å². The smallest absolute Gasteiger partial charge is 0.176 e. The molecule has 0 bridgehead atoms. The number of rotatable bonds is 2. The maximum atomic E-state index is 11.7. The van der Waals surface area contributed by atoms with E-state index >= 15 is 0 Å². The van der Waals surface area contributed by atoms with Gasteiger partial charge in [-0.2, -0.15) is 5.26 Å². The molecule has 0 saturated heterocycles. The van der Waals surface area contributed by atoms with Crippen molar-refractivity contribution in [2.45, 2.75) is 12.8 Å². The molecule has 1 aliphatic carbocycles. The average Bonchev–Trinajstić information content (AvgIpc) is 2.76. The number of nitrogens with zero attached hydrogens (tertiary/aromatic N) is 1. The van der Waals surface area contributed by atoms with Crippen LogP contribution in [0.2, 0.25) is 0 Å². The summed E-state index contributed by atoms with van der Waals surface area (Å²) in [6.07, 6.45) is 0.824. The second kappa shape index (κ2) is 4.12. The molecule has 1 aliphatic rings. The first-order valence-corrected chi connectivity index (χ1v) is 5.91. The Hall–Kier alpha value is -2.40. The van der Waals surface area contributed by atoms with E-state index in [9.17, 15) is 4.79 Å². The van der Waals surface area contributed by atoms with Gasteiger partial charge in [0.1, 0.15) is 0 Å². The zero-order valence-electron chi connectivity index (χ0n) is 9.81. The highest BCUT2D eigenvalue weighted by Gasteiger charge is 2.18. The normalized spacial score (nSPS) is 11.5. The molecule has 0 heterocycles. The zero-order chi connectivity index (χ0) is 12.5. The van der Waals surface area contributed by atoms with E-state index in [2.05, 4.69) is 12.1 Å². The maximum absolute atomic E-state index is 11.7. The summed E-state index contributed by atoms with van der Waals surface area (Å²) in [5.74, 6) is -0.101. The summed E-state index contributed by atoms with van der Waals surface area (Å²) >= 11 is 0. The van der Waals surface area contributed by atoms with Crippen LogP contribution in [-0.2, 0) is 6.42 Å². The molecular formula is C16H11NO. The van der Waals surface area contributed by atoms with Gasteiger partial charge in [-0.05, 0) is 34.7 Å². The standard InChI is InChI=1S/C16H11NO/c17-8-7-16(18)12-5-6-15-13(10-12)9-11-3-1-2-4-14(11)15/h1-6,10H,7,9H2. The summed E-state index contributed by atoms with van der Waals surface area (Å²) in [6, 6.07) is 15.9. The van der Waals surface area contributed by atoms with E-state index in [1.54, 1.807) is 0 Å². The van der Waals surface area contributed by atoms with Crippen molar-refractivity contribution in [1.82, 2.24) is 0 Å². The maximum Gasteiger partial charge on any atom is 0.176 e. The van der Waals surface area contributed by atoms with E-state index in [0.717, 1.165) is 6.42 Å². The number of Topliss-reactive ketones (excluding diaryl/α,β-unsaturated/α-hetero) is 1. The molecule has 0 radical (unpaired) electrons. The lowest BCUT2D eigenvalue weighted by Crippen LogP contribution is -1.98. The number of fused-ring (bicyclic) bond motifs is 3. The van der Waals surface area contributed by atoms with Crippen molar-refractivity contribution < 1.29 is 4.79 Å². The van der Waals surface area contributed by atoms with Gasteiger partial charge in [0.25, 0.3) is 0 Å². The van der Waals surface area contributed by atoms with Crippen LogP contribution in [-0.4, -0.2) is 5.78 Å². The first kappa shape index (κ1) is 10.7. The summed E-state index contributed by atoms with van der Waals surface area (Å²) in [5, 5.41) is 8.56. The number of nitriles is 1. The van der Waals surface area contributed by atoms with Crippen molar-refractivity contribution in [3.63, 3.8) is 0 Å². The van der Waals surface area contributed by atoms with Gasteiger partial charge < -0.3 is 0 Å². The molecule has 2 aromatic rings. The third-order valence-electron chi connectivity index (χ3n) is 3.36. The van der Waals surface area contributed by atoms with E-state index in [4.69, 9.17) is 5.26 Å². The quantitative estimate of drug-likeness (QED) is 0.637. The molecule has 0 atom stereocenters. The van der Waals surface area contributed by atoms with Gasteiger partial charge in [0.15, 0.2) is 5.78 Å². The second-order valence-electron chi connectivity index (χ2n) is 4.46. The topological polar surface area (TPSA) is 40.9 Å². The van der Waals surface area contributed by atoms with Gasteiger partial charge in [-0.3, -0.25) is 4.79 Å². The Morgan fingerprint density at radius 1 is 1.11 bits per heavy atom. The predicted octanol–water partition coefficient (Wildman–Crippen LogP) is 3.35. The minimum Gasteiger partial charge on any atom is -0.293 e. The third kappa shape index (κ3) is 1.61. The van der Waals surface area contributed by atoms with Crippen LogP contribution in [0.3, 0.4) is 0 Å². The summed E-state index contributed by atoms with van der Waals surface area (Å²) < 4.78 is 0. The number of carbonyl (C=O) groups excluding carboxylic acids is 1. The molecule has 0 unspecified atom stereocenters. The number of hydrogen-bond acceptors (Lipinski definition) is 2. The highest BCUT2D eigenvalue weighted by atomic mass is 16.1. The molecule has 18 heavy (non-hydrogen) atoms. The highest BCUT2D eigenvalue weighted by molar-refractivity contribution is 5.98. The van der Waals surface area contributed by atoms with Crippen molar-refractivity contribution >= 4 is 5.78 Å². The highest BCUT2D eigenvalue weighted by Crippen LogP contribution is 2.36. The van der Waals surface area contributed by atoms with Crippen LogP contribution in [0, 0.1) is 11.3 Å². The van der Waals surface area contributed by atoms with Crippen molar-refractivity contribution in [1.29, 1.82) is 5.26 Å². The van der Waals surface area contributed by atoms with Crippen LogP contribution in [0.1, 0.15) is 27.9 Å². The van der Waals surface area contributed by atoms with Crippen molar-refractivity contribution in [3.8, 4) is 17.2 Å². The molecule has 0 aliphatic heterocycles. The minimum absolute atomic E-state index is 0.0499. The number of hydrogen-bond donors (Lipinski definition) is 0. The second-order valence-corrected chi connectivity index (χ2v) is 4.46. The molecule has 2 nitrogen and oxygen atoms in total. The Morgan fingerprint density at radius 3 is 2.72 bits per heavy atom. The molecule has 3 rings (SSSR count). The van der Waals surface area contributed by atoms with Gasteiger partial charge in [0, 0.05) is 5.56 Å². The molecule has 86 valence electrons. The predicted molar refractivity (Wildman–Crippen MR) is 69.2 cm³/mol. The molecule has 0 fully saturated rings. The zero-order valence-corrected chi connectivity index (χ0v) is 9.81. The summed E-state index contributed by atoms with van der Waals surface area (Å²) in [5.41, 5.74) is 5.59. The Kier molecular flexibility index (Phi) is 2.46. The summed E-state index contributed by atoms with van der Waals surface area (Å²) in [6.45, 7) is 0. The molecule has 0 N–H and O–H groups in total. The third-order valence-corrected chi connectivity index (χ3v) is 3.36. The lowest BCUT2D eigenvalue weighted by molar-refractivity contribution is 0.0997. The van der Waals surface area contributed by atoms with E-state index < -0.39 is 0 Å². The van der Waals surface area contributed by atoms with E-state index in [1.807, 2.05) is 36.4 Å². The van der Waals surface area contributed by atoms with Crippen molar-refractivity contribution in [2.75, 3.05) is 0 Å². The molecule has 2 heteroatoms. The SMILES string of the molecule is N#CCC(=O)c1ccc2c(c1)Cc1ccccc1-2. The molecule has 0 spiro atoms. The lowest BCUT2D eigenvalue weighted by atomic mass is 10.0. The van der Waals surface area contributed by atoms with Crippen molar-refractivity contribution in [3.05, 3.63) is 59.2 Å². The van der Waals surface area contributed by atoms with Gasteiger partial charge in [0.05, 0.1) is 12.5 Å². The molecular weight excluding hydrogens is 222 g/mol. The van der Waals surface area contributed by atoms with Gasteiger partial charge in [0.2, 0.25) is 0 Å². The average molecular weight is 233 g/mol. The summed E-state index contributed by atoms with van der Waals surface area (Å²) in [4.78, 5) is 11.7. The van der Waals surface area contributed by atoms with Gasteiger partial charge in [-0.15, -0.1) is 0 Å². The first-order chi connectivity index (χ1) is 8.79. The number of benzene rings is 2. The first-order valence-electron chi connectivity index (χ1n) is 5.91. The van der Waals surface area contributed by atoms with Gasteiger partial charge in [-0.25, -0.2) is 0 Å². The molecule has 0 aromatic heterocycles. The monoisotopic (exact) mass is 233 g/mol. The fraction of sp³-hybridized carbons (Fsp3) is 0.125. The van der Waals surface area contributed by atoms with E-state index in [-0.39, 0.29) is 12.2 Å². The van der Waals surface area contributed by atoms with Crippen LogP contribution < -0.4 is 0 Å². The fourth-order valence-electron chi connectivity index (χ4n) is 2.49. The van der Waals surface area contributed by atoms with Crippen molar-refractivity contribution in [2.24, 2.45) is 0 Å². The van der Waals surface area contributed by atoms with Crippen LogP contribution in [0.4, 0.5) is 0 Å². The Balaban J connectivity index is 2.04. The molecule has 0 saturated carbocycles. The van der Waals surface area contributed by atoms with E-state index in [0.29, 0.717) is 5.56 Å². The van der Waals surface area contributed by atoms with Gasteiger partial charge in [-0.1, -0.05) is 36.4 Å². The molecule has 0 amide bonds. The van der Waals surface area contributed by atoms with Crippen LogP contribution >= 0.6 is 0 Å². The minimum atomic E-state index is -0.101. The largest absolute Gasteiger partial charge is 0.293 e. The Morgan fingerprint density at radius 2 is 1.89 bits per heavy atom. The number of ketones is 1. The molecule has 2 aromatic carbocycles. The van der Waals surface area contributed by atoms with E-state index in [1.165, 1.54) is 22.3 Å². The summed E-state index contributed by atoms with van der Waals surface area (Å²) in [7, 11) is 0. The van der Waals surface area contributed by atoms with Crippen LogP contribution in [0.15, 0.2) is 42.5 Å². The lowest BCUT2D eigenvalue weighted by Gasteiger charge is -2.02. The number of carbonyl (C=O) groups is 1.